The molecule has 16 heteroatoms. The number of hydrogen-bond acceptors (Lipinski definition) is 10. The van der Waals surface area contributed by atoms with E-state index < -0.39 is 24.3 Å². The van der Waals surface area contributed by atoms with Gasteiger partial charge in [-0.15, -0.1) is 22.7 Å². The summed E-state index contributed by atoms with van der Waals surface area (Å²) in [5.41, 5.74) is 3.37. The molecule has 2 fully saturated rings. The van der Waals surface area contributed by atoms with Crippen molar-refractivity contribution in [1.29, 1.82) is 0 Å². The number of hydrogen-bond donors (Lipinski definition) is 4. The molecule has 0 aliphatic carbocycles. The second-order valence-electron chi connectivity index (χ2n) is 16.1. The second kappa shape index (κ2) is 16.8. The molecule has 2 saturated heterocycles. The summed E-state index contributed by atoms with van der Waals surface area (Å²) in [7, 11) is 2.58. The van der Waals surface area contributed by atoms with E-state index in [9.17, 15) is 19.2 Å². The van der Waals surface area contributed by atoms with E-state index in [1.54, 1.807) is 22.7 Å². The summed E-state index contributed by atoms with van der Waals surface area (Å²) in [4.78, 5) is 73.7. The molecule has 0 unspecified atom stereocenters. The van der Waals surface area contributed by atoms with Crippen molar-refractivity contribution in [1.82, 2.24) is 40.4 Å². The molecule has 306 valence electrons. The standard InChI is InChI=1S/C42H50N8O6S2/c1-21(2)35(47-41(53)55-7)39(51)49-19-23(5)13-30(49)37-43-18-29(46-37)32-17-34-33(58-32)16-26(57-34)11-9-25-10-12-27-28(15-25)45-38(44-27)31-14-24(6)20-50(31)40(52)36(22(3)4)48-42(54)56-8/h10,12,15-18,21-24,30-31,35-36H,13-14,19-20H2,1-8H3,(H,43,46)(H,44,45)(H,47,53)(H,48,54)/t23-,24-,30-,31-,35-,36-/m0/s1. The first-order valence-corrected chi connectivity index (χ1v) is 21.3. The number of alkyl carbamates (subject to hydrolysis) is 2. The fourth-order valence-electron chi connectivity index (χ4n) is 7.91. The Morgan fingerprint density at radius 1 is 0.793 bits per heavy atom. The van der Waals surface area contributed by atoms with Gasteiger partial charge >= 0.3 is 12.2 Å². The lowest BCUT2D eigenvalue weighted by Crippen LogP contribution is -2.51. The Morgan fingerprint density at radius 2 is 1.38 bits per heavy atom. The monoisotopic (exact) mass is 826 g/mol. The predicted molar refractivity (Wildman–Crippen MR) is 224 cm³/mol. The molecule has 5 aromatic rings. The molecule has 2 aliphatic heterocycles. The molecule has 0 saturated carbocycles. The highest BCUT2D eigenvalue weighted by Gasteiger charge is 2.41. The Kier molecular flexibility index (Phi) is 11.8. The van der Waals surface area contributed by atoms with Crippen LogP contribution in [-0.2, 0) is 19.1 Å². The number of likely N-dealkylation sites (tertiary alicyclic amines) is 2. The summed E-state index contributed by atoms with van der Waals surface area (Å²) < 4.78 is 11.8. The lowest BCUT2D eigenvalue weighted by Gasteiger charge is -2.30. The number of methoxy groups -OCH3 is 2. The topological polar surface area (TPSA) is 175 Å². The summed E-state index contributed by atoms with van der Waals surface area (Å²) in [5.74, 6) is 8.13. The number of nitrogens with zero attached hydrogens (tertiary/aromatic N) is 4. The van der Waals surface area contributed by atoms with E-state index in [0.29, 0.717) is 18.9 Å². The third kappa shape index (κ3) is 8.42. The van der Waals surface area contributed by atoms with Crippen LogP contribution < -0.4 is 10.6 Å². The Bertz CT molecular complexity index is 2370. The van der Waals surface area contributed by atoms with Gasteiger partial charge in [-0.25, -0.2) is 19.6 Å². The van der Waals surface area contributed by atoms with E-state index in [-0.39, 0.29) is 47.6 Å². The van der Waals surface area contributed by atoms with E-state index in [0.717, 1.165) is 60.1 Å². The zero-order valence-corrected chi connectivity index (χ0v) is 35.6. The van der Waals surface area contributed by atoms with Crippen LogP contribution in [0.25, 0.3) is 31.0 Å². The first-order chi connectivity index (χ1) is 27.7. The third-order valence-corrected chi connectivity index (χ3v) is 13.1. The second-order valence-corrected chi connectivity index (χ2v) is 18.3. The van der Waals surface area contributed by atoms with Crippen molar-refractivity contribution in [3.05, 3.63) is 58.6 Å². The molecular weight excluding hydrogens is 777 g/mol. The Labute approximate surface area is 345 Å². The van der Waals surface area contributed by atoms with Crippen LogP contribution in [0.2, 0.25) is 0 Å². The number of carbonyl (C=O) groups is 4. The van der Waals surface area contributed by atoms with Crippen LogP contribution >= 0.6 is 22.7 Å². The minimum absolute atomic E-state index is 0.113. The molecule has 2 aliphatic rings. The van der Waals surface area contributed by atoms with E-state index in [1.165, 1.54) is 14.2 Å². The summed E-state index contributed by atoms with van der Waals surface area (Å²) in [6, 6.07) is 8.27. The number of ether oxygens (including phenoxy) is 2. The SMILES string of the molecule is COC(=O)N[C@H](C(=O)N1C[C@@H](C)C[C@H]1c1ncc(-c2cc3sc(C#Cc4ccc5nc([C@@H]6C[C@H](C)CN6C(=O)[C@@H](NC(=O)OC)C(C)C)[nH]c5c4)cc3s2)[nH]1)C(C)C. The fraction of sp³-hybridized carbons (Fsp3) is 0.476. The van der Waals surface area contributed by atoms with E-state index in [2.05, 4.69) is 58.4 Å². The van der Waals surface area contributed by atoms with Crippen molar-refractivity contribution in [2.75, 3.05) is 27.3 Å². The van der Waals surface area contributed by atoms with E-state index in [4.69, 9.17) is 19.4 Å². The third-order valence-electron chi connectivity index (χ3n) is 10.9. The molecule has 0 spiro atoms. The largest absolute Gasteiger partial charge is 0.453 e. The average molecular weight is 827 g/mol. The molecule has 0 radical (unpaired) electrons. The number of benzene rings is 1. The van der Waals surface area contributed by atoms with Crippen LogP contribution in [0, 0.1) is 35.5 Å². The van der Waals surface area contributed by atoms with Crippen LogP contribution in [0.15, 0.2) is 36.5 Å². The summed E-state index contributed by atoms with van der Waals surface area (Å²) in [5, 5.41) is 5.42. The minimum atomic E-state index is -0.706. The van der Waals surface area contributed by atoms with Gasteiger partial charge in [0.1, 0.15) is 23.7 Å². The van der Waals surface area contributed by atoms with Gasteiger partial charge < -0.3 is 39.9 Å². The number of H-pyrrole nitrogens is 2. The first-order valence-electron chi connectivity index (χ1n) is 19.6. The number of rotatable bonds is 9. The highest BCUT2D eigenvalue weighted by Crippen LogP contribution is 2.40. The Hall–Kier alpha value is -5.40. The van der Waals surface area contributed by atoms with Gasteiger partial charge in [0.25, 0.3) is 0 Å². The zero-order valence-electron chi connectivity index (χ0n) is 34.0. The Balaban J connectivity index is 1.04. The van der Waals surface area contributed by atoms with Gasteiger partial charge in [-0.1, -0.05) is 53.4 Å². The van der Waals surface area contributed by atoms with Crippen molar-refractivity contribution in [3.63, 3.8) is 0 Å². The molecule has 58 heavy (non-hydrogen) atoms. The number of thiophene rings is 2. The van der Waals surface area contributed by atoms with Gasteiger partial charge in [0.15, 0.2) is 0 Å². The maximum Gasteiger partial charge on any atom is 0.407 e. The van der Waals surface area contributed by atoms with E-state index >= 15 is 0 Å². The number of nitrogens with one attached hydrogen (secondary N) is 4. The normalized spacial score (nSPS) is 20.4. The summed E-state index contributed by atoms with van der Waals surface area (Å²) >= 11 is 3.29. The van der Waals surface area contributed by atoms with Gasteiger partial charge in [-0.2, -0.15) is 0 Å². The van der Waals surface area contributed by atoms with E-state index in [1.807, 2.05) is 61.9 Å². The Morgan fingerprint density at radius 3 is 1.95 bits per heavy atom. The quantitative estimate of drug-likeness (QED) is 0.113. The first kappa shape index (κ1) is 40.8. The van der Waals surface area contributed by atoms with Gasteiger partial charge in [-0.05, 0) is 66.8 Å². The van der Waals surface area contributed by atoms with Crippen molar-refractivity contribution in [2.24, 2.45) is 23.7 Å². The van der Waals surface area contributed by atoms with Crippen LogP contribution in [0.5, 0.6) is 0 Å². The highest BCUT2D eigenvalue weighted by molar-refractivity contribution is 7.29. The highest BCUT2D eigenvalue weighted by atomic mass is 32.1. The number of amides is 4. The predicted octanol–water partition coefficient (Wildman–Crippen LogP) is 7.21. The molecule has 7 rings (SSSR count). The maximum atomic E-state index is 13.7. The van der Waals surface area contributed by atoms with Crippen LogP contribution in [-0.4, -0.2) is 93.1 Å². The molecule has 6 heterocycles. The van der Waals surface area contributed by atoms with Gasteiger partial charge in [-0.3, -0.25) is 9.59 Å². The van der Waals surface area contributed by atoms with Crippen LogP contribution in [0.1, 0.15) is 88.6 Å². The molecule has 4 N–H and O–H groups in total. The number of fused-ring (bicyclic) bond motifs is 2. The van der Waals surface area contributed by atoms with Crippen molar-refractivity contribution >= 4 is 67.1 Å². The number of aromatic nitrogens is 4. The molecular formula is C42H50N8O6S2. The summed E-state index contributed by atoms with van der Waals surface area (Å²) in [6.07, 6.45) is 2.10. The minimum Gasteiger partial charge on any atom is -0.453 e. The average Bonchev–Trinajstić information content (AvgIpc) is 4.04. The number of imidazole rings is 2. The fourth-order valence-corrected chi connectivity index (χ4v) is 10.1. The van der Waals surface area contributed by atoms with Crippen molar-refractivity contribution in [2.45, 2.75) is 78.6 Å². The molecule has 0 bridgehead atoms. The van der Waals surface area contributed by atoms with Crippen molar-refractivity contribution in [3.8, 4) is 22.4 Å². The van der Waals surface area contributed by atoms with Crippen LogP contribution in [0.4, 0.5) is 9.59 Å². The lowest BCUT2D eigenvalue weighted by atomic mass is 10.0. The van der Waals surface area contributed by atoms with Gasteiger partial charge in [0.05, 0.1) is 59.0 Å². The molecule has 4 aromatic heterocycles. The molecule has 6 atom stereocenters. The summed E-state index contributed by atoms with van der Waals surface area (Å²) in [6.45, 7) is 13.0. The van der Waals surface area contributed by atoms with Gasteiger partial charge in [0.2, 0.25) is 11.8 Å². The smallest absolute Gasteiger partial charge is 0.407 e. The van der Waals surface area contributed by atoms with Crippen LogP contribution in [0.3, 0.4) is 0 Å². The van der Waals surface area contributed by atoms with Crippen molar-refractivity contribution < 1.29 is 28.7 Å². The van der Waals surface area contributed by atoms with Gasteiger partial charge in [0, 0.05) is 28.1 Å². The molecule has 14 nitrogen and oxygen atoms in total. The number of aromatic amines is 2. The lowest BCUT2D eigenvalue weighted by molar-refractivity contribution is -0.136. The maximum absolute atomic E-state index is 13.7. The molecule has 4 amide bonds. The zero-order chi connectivity index (χ0) is 41.4. The molecule has 1 aromatic carbocycles. The number of carbonyl (C=O) groups excluding carboxylic acids is 4.